The highest BCUT2D eigenvalue weighted by Crippen LogP contribution is 2.31. The van der Waals surface area contributed by atoms with Gasteiger partial charge in [0.15, 0.2) is 0 Å². The quantitative estimate of drug-likeness (QED) is 0.907. The molecule has 0 spiro atoms. The van der Waals surface area contributed by atoms with Crippen LogP contribution in [0.5, 0.6) is 5.75 Å². The molecule has 0 aliphatic carbocycles. The molecule has 0 radical (unpaired) electrons. The van der Waals surface area contributed by atoms with Crippen LogP contribution in [0, 0.1) is 0 Å². The second kappa shape index (κ2) is 8.08. The largest absolute Gasteiger partial charge is 0.496 e. The highest BCUT2D eigenvalue weighted by Gasteiger charge is 2.25. The van der Waals surface area contributed by atoms with Gasteiger partial charge in [0.05, 0.1) is 22.7 Å². The number of benzene rings is 1. The third kappa shape index (κ3) is 4.16. The van der Waals surface area contributed by atoms with Crippen LogP contribution in [0.25, 0.3) is 0 Å². The van der Waals surface area contributed by atoms with Crippen LogP contribution in [0.1, 0.15) is 23.2 Å². The van der Waals surface area contributed by atoms with E-state index in [-0.39, 0.29) is 18.3 Å². The number of piperidine rings is 1. The molecule has 0 saturated carbocycles. The predicted molar refractivity (Wildman–Crippen MR) is 88.2 cm³/mol. The number of halogens is 3. The van der Waals surface area contributed by atoms with Crippen molar-refractivity contribution in [3.63, 3.8) is 0 Å². The Morgan fingerprint density at radius 3 is 2.38 bits per heavy atom. The average Bonchev–Trinajstić information content (AvgIpc) is 2.49. The van der Waals surface area contributed by atoms with Gasteiger partial charge < -0.3 is 15.0 Å². The summed E-state index contributed by atoms with van der Waals surface area (Å²) in [6, 6.07) is 3.64. The number of carbonyl (C=O) groups is 1. The van der Waals surface area contributed by atoms with Crippen LogP contribution in [0.15, 0.2) is 12.1 Å². The van der Waals surface area contributed by atoms with E-state index in [4.69, 9.17) is 27.9 Å². The Morgan fingerprint density at radius 1 is 1.29 bits per heavy atom. The van der Waals surface area contributed by atoms with Gasteiger partial charge in [-0.15, -0.1) is 12.4 Å². The summed E-state index contributed by atoms with van der Waals surface area (Å²) >= 11 is 12.0. The molecule has 0 aromatic heterocycles. The number of hydrogen-bond acceptors (Lipinski definition) is 3. The zero-order valence-corrected chi connectivity index (χ0v) is 14.3. The van der Waals surface area contributed by atoms with Crippen LogP contribution in [0.4, 0.5) is 0 Å². The first kappa shape index (κ1) is 18.4. The summed E-state index contributed by atoms with van der Waals surface area (Å²) in [6.07, 6.45) is 1.90. The number of rotatable bonds is 3. The second-order valence-electron chi connectivity index (χ2n) is 4.82. The van der Waals surface area contributed by atoms with Crippen LogP contribution in [0.2, 0.25) is 10.0 Å². The van der Waals surface area contributed by atoms with E-state index < -0.39 is 0 Å². The molecule has 0 atom stereocenters. The van der Waals surface area contributed by atoms with Gasteiger partial charge in [0.25, 0.3) is 5.91 Å². The molecule has 2 rings (SSSR count). The van der Waals surface area contributed by atoms with Crippen molar-refractivity contribution >= 4 is 41.5 Å². The summed E-state index contributed by atoms with van der Waals surface area (Å²) in [6.45, 7) is 1.46. The Morgan fingerprint density at radius 2 is 1.86 bits per heavy atom. The molecule has 1 amide bonds. The lowest BCUT2D eigenvalue weighted by Gasteiger charge is -2.32. The van der Waals surface area contributed by atoms with Gasteiger partial charge in [0, 0.05) is 25.2 Å². The number of ether oxygens (including phenoxy) is 1. The van der Waals surface area contributed by atoms with Gasteiger partial charge in [-0.1, -0.05) is 23.2 Å². The van der Waals surface area contributed by atoms with Gasteiger partial charge in [-0.25, -0.2) is 0 Å². The number of carbonyl (C=O) groups excluding carboxylic acids is 1. The second-order valence-corrected chi connectivity index (χ2v) is 5.64. The molecule has 1 fully saturated rings. The number of nitrogens with one attached hydrogen (secondary N) is 1. The van der Waals surface area contributed by atoms with Gasteiger partial charge >= 0.3 is 0 Å². The molecule has 21 heavy (non-hydrogen) atoms. The predicted octanol–water partition coefficient (Wildman–Crippen LogP) is 3.25. The van der Waals surface area contributed by atoms with E-state index >= 15 is 0 Å². The summed E-state index contributed by atoms with van der Waals surface area (Å²) < 4.78 is 5.23. The molecule has 1 aliphatic heterocycles. The highest BCUT2D eigenvalue weighted by molar-refractivity contribution is 6.42. The van der Waals surface area contributed by atoms with Crippen molar-refractivity contribution in [2.45, 2.75) is 18.9 Å². The summed E-state index contributed by atoms with van der Waals surface area (Å²) in [7, 11) is 3.47. The number of hydrogen-bond donors (Lipinski definition) is 1. The van der Waals surface area contributed by atoms with Crippen molar-refractivity contribution in [3.8, 4) is 5.75 Å². The van der Waals surface area contributed by atoms with Crippen molar-refractivity contribution in [1.82, 2.24) is 10.2 Å². The van der Waals surface area contributed by atoms with Gasteiger partial charge in [-0.05, 0) is 26.0 Å². The van der Waals surface area contributed by atoms with Crippen molar-refractivity contribution < 1.29 is 9.53 Å². The van der Waals surface area contributed by atoms with Gasteiger partial charge in [-0.3, -0.25) is 4.79 Å². The minimum absolute atomic E-state index is 0. The van der Waals surface area contributed by atoms with E-state index in [1.807, 2.05) is 11.9 Å². The maximum atomic E-state index is 12.6. The standard InChI is InChI=1S/C14H18Cl2N2O2.ClH/c1-17-9-3-5-18(6-4-9)14(19)10-7-11(15)12(16)8-13(10)20-2;/h7-9,17H,3-6H2,1-2H3;1H. The van der Waals surface area contributed by atoms with Crippen LogP contribution in [-0.4, -0.2) is 44.1 Å². The van der Waals surface area contributed by atoms with E-state index in [0.29, 0.717) is 27.4 Å². The number of methoxy groups -OCH3 is 1. The van der Waals surface area contributed by atoms with E-state index in [1.165, 1.54) is 7.11 Å². The number of nitrogens with zero attached hydrogens (tertiary/aromatic N) is 1. The van der Waals surface area contributed by atoms with E-state index in [1.54, 1.807) is 12.1 Å². The fraction of sp³-hybridized carbons (Fsp3) is 0.500. The number of amides is 1. The van der Waals surface area contributed by atoms with E-state index in [0.717, 1.165) is 25.9 Å². The maximum Gasteiger partial charge on any atom is 0.257 e. The topological polar surface area (TPSA) is 41.6 Å². The van der Waals surface area contributed by atoms with Crippen LogP contribution < -0.4 is 10.1 Å². The van der Waals surface area contributed by atoms with E-state index in [9.17, 15) is 4.79 Å². The van der Waals surface area contributed by atoms with Crippen LogP contribution in [-0.2, 0) is 0 Å². The van der Waals surface area contributed by atoms with Crippen molar-refractivity contribution in [1.29, 1.82) is 0 Å². The van der Waals surface area contributed by atoms with Crippen molar-refractivity contribution in [3.05, 3.63) is 27.7 Å². The molecule has 118 valence electrons. The Kier molecular flexibility index (Phi) is 7.07. The smallest absolute Gasteiger partial charge is 0.257 e. The molecule has 1 aliphatic rings. The highest BCUT2D eigenvalue weighted by atomic mass is 35.5. The van der Waals surface area contributed by atoms with Gasteiger partial charge in [0.2, 0.25) is 0 Å². The summed E-state index contributed by atoms with van der Waals surface area (Å²) in [5, 5.41) is 3.99. The number of likely N-dealkylation sites (tertiary alicyclic amines) is 1. The molecule has 1 saturated heterocycles. The first-order valence-corrected chi connectivity index (χ1v) is 7.32. The minimum Gasteiger partial charge on any atom is -0.496 e. The summed E-state index contributed by atoms with van der Waals surface area (Å²) in [5.41, 5.74) is 0.463. The lowest BCUT2D eigenvalue weighted by atomic mass is 10.0. The van der Waals surface area contributed by atoms with Gasteiger partial charge in [0.1, 0.15) is 5.75 Å². The average molecular weight is 354 g/mol. The molecular weight excluding hydrogens is 335 g/mol. The third-order valence-electron chi connectivity index (χ3n) is 3.66. The Bertz CT molecular complexity index is 503. The molecular formula is C14H19Cl3N2O2. The zero-order valence-electron chi connectivity index (χ0n) is 12.0. The van der Waals surface area contributed by atoms with Gasteiger partial charge in [-0.2, -0.15) is 0 Å². The first-order valence-electron chi connectivity index (χ1n) is 6.56. The Labute approximate surface area is 141 Å². The first-order chi connectivity index (χ1) is 9.56. The molecule has 4 nitrogen and oxygen atoms in total. The minimum atomic E-state index is -0.0602. The molecule has 0 unspecified atom stereocenters. The monoisotopic (exact) mass is 352 g/mol. The Hall–Kier alpha value is -0.680. The maximum absolute atomic E-state index is 12.6. The molecule has 1 heterocycles. The molecule has 0 bridgehead atoms. The molecule has 7 heteroatoms. The summed E-state index contributed by atoms with van der Waals surface area (Å²) in [4.78, 5) is 14.4. The summed E-state index contributed by atoms with van der Waals surface area (Å²) in [5.74, 6) is 0.398. The molecule has 1 aromatic rings. The SMILES string of the molecule is CNC1CCN(C(=O)c2cc(Cl)c(Cl)cc2OC)CC1.Cl. The fourth-order valence-corrected chi connectivity index (χ4v) is 2.72. The lowest BCUT2D eigenvalue weighted by Crippen LogP contribution is -2.44. The zero-order chi connectivity index (χ0) is 14.7. The molecule has 1 N–H and O–H groups in total. The van der Waals surface area contributed by atoms with Crippen molar-refractivity contribution in [2.75, 3.05) is 27.2 Å². The normalized spacial score (nSPS) is 15.5. The fourth-order valence-electron chi connectivity index (χ4n) is 2.41. The molecule has 1 aromatic carbocycles. The lowest BCUT2D eigenvalue weighted by molar-refractivity contribution is 0.0704. The van der Waals surface area contributed by atoms with Crippen LogP contribution >= 0.6 is 35.6 Å². The van der Waals surface area contributed by atoms with E-state index in [2.05, 4.69) is 5.32 Å². The van der Waals surface area contributed by atoms with Crippen LogP contribution in [0.3, 0.4) is 0 Å². The third-order valence-corrected chi connectivity index (χ3v) is 4.39. The van der Waals surface area contributed by atoms with Crippen molar-refractivity contribution in [2.24, 2.45) is 0 Å². The Balaban J connectivity index is 0.00000220.